The smallest absolute Gasteiger partial charge is 0.107 e. The van der Waals surface area contributed by atoms with Crippen LogP contribution in [0, 0.1) is 12.3 Å². The van der Waals surface area contributed by atoms with Crippen molar-refractivity contribution in [3.8, 4) is 12.3 Å². The molecule has 0 radical (unpaired) electrons. The van der Waals surface area contributed by atoms with E-state index in [1.54, 1.807) is 6.92 Å². The lowest BCUT2D eigenvalue weighted by atomic mass is 10.1. The highest BCUT2D eigenvalue weighted by atomic mass is 35.5. The minimum atomic E-state index is -0.670. The van der Waals surface area contributed by atoms with E-state index in [4.69, 9.17) is 22.0 Å². The summed E-state index contributed by atoms with van der Waals surface area (Å²) in [4.78, 5) is 0. The Kier molecular flexibility index (Phi) is 7.80. The lowest BCUT2D eigenvalue weighted by molar-refractivity contribution is 0.0810. The van der Waals surface area contributed by atoms with Crippen molar-refractivity contribution in [1.29, 1.82) is 0 Å². The van der Waals surface area contributed by atoms with Gasteiger partial charge >= 0.3 is 0 Å². The van der Waals surface area contributed by atoms with E-state index < -0.39 is 5.54 Å². The largest absolute Gasteiger partial charge is 0.394 e. The summed E-state index contributed by atoms with van der Waals surface area (Å²) in [7, 11) is 0. The van der Waals surface area contributed by atoms with Gasteiger partial charge in [0.05, 0.1) is 18.8 Å². The zero-order chi connectivity index (χ0) is 8.04. The summed E-state index contributed by atoms with van der Waals surface area (Å²) in [5, 5.41) is 8.64. The molecule has 11 heavy (non-hydrogen) atoms. The van der Waals surface area contributed by atoms with Crippen molar-refractivity contribution in [2.75, 3.05) is 19.8 Å². The number of nitrogens with two attached hydrogens (primary N) is 1. The van der Waals surface area contributed by atoms with Crippen molar-refractivity contribution in [2.45, 2.75) is 12.5 Å². The molecular weight excluding hydrogens is 166 g/mol. The Balaban J connectivity index is 0. The summed E-state index contributed by atoms with van der Waals surface area (Å²) in [6.07, 6.45) is 4.92. The maximum Gasteiger partial charge on any atom is 0.107 e. The summed E-state index contributed by atoms with van der Waals surface area (Å²) in [5.41, 5.74) is 4.84. The van der Waals surface area contributed by atoms with Crippen LogP contribution in [0.1, 0.15) is 6.92 Å². The van der Waals surface area contributed by atoms with Crippen LogP contribution in [-0.2, 0) is 4.74 Å². The van der Waals surface area contributed by atoms with Crippen molar-refractivity contribution in [1.82, 2.24) is 0 Å². The molecule has 0 aromatic heterocycles. The Hall–Kier alpha value is -0.270. The molecule has 0 bridgehead atoms. The number of hydrogen-bond acceptors (Lipinski definition) is 3. The van der Waals surface area contributed by atoms with Crippen molar-refractivity contribution in [3.63, 3.8) is 0 Å². The fourth-order valence-electron chi connectivity index (χ4n) is 0.389. The predicted molar refractivity (Wildman–Crippen MR) is 46.6 cm³/mol. The van der Waals surface area contributed by atoms with E-state index in [1.807, 2.05) is 0 Å². The lowest BCUT2D eigenvalue weighted by Crippen LogP contribution is -2.44. The van der Waals surface area contributed by atoms with Crippen LogP contribution in [0.2, 0.25) is 0 Å². The Morgan fingerprint density at radius 2 is 2.27 bits per heavy atom. The Morgan fingerprint density at radius 1 is 1.73 bits per heavy atom. The number of hydrogen-bond donors (Lipinski definition) is 2. The third-order valence-corrected chi connectivity index (χ3v) is 0.978. The van der Waals surface area contributed by atoms with Crippen LogP contribution >= 0.6 is 12.4 Å². The van der Waals surface area contributed by atoms with E-state index in [9.17, 15) is 0 Å². The fraction of sp³-hybridized carbons (Fsp3) is 0.714. The second-order valence-corrected chi connectivity index (χ2v) is 2.51. The molecule has 0 aliphatic rings. The van der Waals surface area contributed by atoms with Crippen LogP contribution in [0.25, 0.3) is 0 Å². The van der Waals surface area contributed by atoms with Gasteiger partial charge in [-0.25, -0.2) is 0 Å². The van der Waals surface area contributed by atoms with Crippen molar-refractivity contribution in [2.24, 2.45) is 5.73 Å². The Morgan fingerprint density at radius 3 is 2.64 bits per heavy atom. The summed E-state index contributed by atoms with van der Waals surface area (Å²) in [6, 6.07) is 0. The standard InChI is InChI=1S/C7H13NO2.ClH/c1-3-4-10-6-7(2,8)5-9;/h1,9H,4-6,8H2,2H3;1H. The van der Waals surface area contributed by atoms with Gasteiger partial charge in [0.1, 0.15) is 6.61 Å². The molecule has 4 heteroatoms. The fourth-order valence-corrected chi connectivity index (χ4v) is 0.389. The van der Waals surface area contributed by atoms with Crippen LogP contribution in [0.3, 0.4) is 0 Å². The lowest BCUT2D eigenvalue weighted by Gasteiger charge is -2.20. The van der Waals surface area contributed by atoms with Crippen LogP contribution < -0.4 is 5.73 Å². The molecule has 0 aliphatic carbocycles. The van der Waals surface area contributed by atoms with E-state index in [-0.39, 0.29) is 32.2 Å². The summed E-state index contributed by atoms with van der Waals surface area (Å²) >= 11 is 0. The zero-order valence-corrected chi connectivity index (χ0v) is 7.36. The van der Waals surface area contributed by atoms with Crippen molar-refractivity contribution in [3.05, 3.63) is 0 Å². The first kappa shape index (κ1) is 13.3. The number of aliphatic hydroxyl groups excluding tert-OH is 1. The monoisotopic (exact) mass is 179 g/mol. The van der Waals surface area contributed by atoms with E-state index in [0.29, 0.717) is 0 Å². The SMILES string of the molecule is C#CCOCC(C)(N)CO.Cl. The maximum atomic E-state index is 8.64. The van der Waals surface area contributed by atoms with Gasteiger partial charge in [-0.05, 0) is 6.92 Å². The first-order valence-electron chi connectivity index (χ1n) is 3.03. The Bertz CT molecular complexity index is 131. The minimum Gasteiger partial charge on any atom is -0.394 e. The predicted octanol–water partition coefficient (Wildman–Crippen LogP) is -0.232. The summed E-state index contributed by atoms with van der Waals surface area (Å²) < 4.78 is 4.92. The molecule has 0 aromatic rings. The van der Waals surface area contributed by atoms with Gasteiger partial charge < -0.3 is 15.6 Å². The minimum absolute atomic E-state index is 0. The highest BCUT2D eigenvalue weighted by Gasteiger charge is 2.16. The molecule has 0 heterocycles. The van der Waals surface area contributed by atoms with E-state index in [2.05, 4.69) is 5.92 Å². The number of rotatable bonds is 4. The molecule has 0 amide bonds. The van der Waals surface area contributed by atoms with Gasteiger partial charge in [-0.15, -0.1) is 18.8 Å². The topological polar surface area (TPSA) is 55.5 Å². The molecule has 0 spiro atoms. The van der Waals surface area contributed by atoms with E-state index in [1.165, 1.54) is 0 Å². The molecule has 0 saturated heterocycles. The van der Waals surface area contributed by atoms with E-state index in [0.717, 1.165) is 0 Å². The van der Waals surface area contributed by atoms with Crippen LogP contribution in [-0.4, -0.2) is 30.5 Å². The highest BCUT2D eigenvalue weighted by Crippen LogP contribution is 1.96. The zero-order valence-electron chi connectivity index (χ0n) is 6.54. The first-order valence-corrected chi connectivity index (χ1v) is 3.03. The van der Waals surface area contributed by atoms with Gasteiger partial charge in [-0.3, -0.25) is 0 Å². The molecule has 0 aliphatic heterocycles. The van der Waals surface area contributed by atoms with Crippen LogP contribution in [0.4, 0.5) is 0 Å². The normalized spacial score (nSPS) is 14.4. The van der Waals surface area contributed by atoms with Crippen LogP contribution in [0.15, 0.2) is 0 Å². The molecule has 3 N–H and O–H groups in total. The molecule has 0 fully saturated rings. The molecule has 0 saturated carbocycles. The molecule has 66 valence electrons. The van der Waals surface area contributed by atoms with Crippen molar-refractivity contribution >= 4 is 12.4 Å². The van der Waals surface area contributed by atoms with Gasteiger partial charge in [0, 0.05) is 0 Å². The average molecular weight is 180 g/mol. The molecular formula is C7H14ClNO2. The Labute approximate surface area is 73.3 Å². The average Bonchev–Trinajstić information content (AvgIpc) is 1.89. The van der Waals surface area contributed by atoms with Crippen molar-refractivity contribution < 1.29 is 9.84 Å². The quantitative estimate of drug-likeness (QED) is 0.463. The van der Waals surface area contributed by atoms with E-state index >= 15 is 0 Å². The van der Waals surface area contributed by atoms with Crippen LogP contribution in [0.5, 0.6) is 0 Å². The van der Waals surface area contributed by atoms with Gasteiger partial charge in [0.15, 0.2) is 0 Å². The third kappa shape index (κ3) is 7.63. The molecule has 1 atom stereocenters. The molecule has 0 rings (SSSR count). The number of ether oxygens (including phenoxy) is 1. The summed E-state index contributed by atoms with van der Waals surface area (Å²) in [6.45, 7) is 2.13. The number of terminal acetylenes is 1. The first-order chi connectivity index (χ1) is 4.62. The molecule has 1 unspecified atom stereocenters. The molecule has 0 aromatic carbocycles. The van der Waals surface area contributed by atoms with Gasteiger partial charge in [-0.2, -0.15) is 0 Å². The highest BCUT2D eigenvalue weighted by molar-refractivity contribution is 5.85. The van der Waals surface area contributed by atoms with Gasteiger partial charge in [0.25, 0.3) is 0 Å². The third-order valence-electron chi connectivity index (χ3n) is 0.978. The second kappa shape index (κ2) is 6.44. The van der Waals surface area contributed by atoms with Gasteiger partial charge in [0.2, 0.25) is 0 Å². The maximum absolute atomic E-state index is 8.64. The number of halogens is 1. The number of aliphatic hydroxyl groups is 1. The summed E-state index contributed by atoms with van der Waals surface area (Å²) in [5.74, 6) is 2.30. The second-order valence-electron chi connectivity index (χ2n) is 2.51. The van der Waals surface area contributed by atoms with Gasteiger partial charge in [-0.1, -0.05) is 5.92 Å². The molecule has 3 nitrogen and oxygen atoms in total.